The van der Waals surface area contributed by atoms with Crippen LogP contribution in [0.5, 0.6) is 0 Å². The summed E-state index contributed by atoms with van der Waals surface area (Å²) >= 11 is 0. The maximum atomic E-state index is 12.9. The van der Waals surface area contributed by atoms with Crippen LogP contribution < -0.4 is 10.2 Å². The number of anilines is 4. The standard InChI is InChI=1S/C19H18F3N5/c1-3-27(16-9-4-6-13(2)10-16)18-25-17(12-23-26-18)24-15-8-5-7-14(11-15)19(20,21)22/h4-12H,3H2,1-2H3,(H,24,25,26). The number of hydrogen-bond donors (Lipinski definition) is 1. The first kappa shape index (κ1) is 18.6. The van der Waals surface area contributed by atoms with Gasteiger partial charge in [-0.15, -0.1) is 5.10 Å². The van der Waals surface area contributed by atoms with Gasteiger partial charge in [-0.1, -0.05) is 18.2 Å². The van der Waals surface area contributed by atoms with E-state index in [4.69, 9.17) is 0 Å². The van der Waals surface area contributed by atoms with E-state index in [0.29, 0.717) is 18.3 Å². The second kappa shape index (κ2) is 7.61. The number of aromatic nitrogens is 3. The summed E-state index contributed by atoms with van der Waals surface area (Å²) in [6.07, 6.45) is -3.04. The Morgan fingerprint density at radius 1 is 1.07 bits per heavy atom. The zero-order valence-electron chi connectivity index (χ0n) is 14.8. The van der Waals surface area contributed by atoms with Gasteiger partial charge in [-0.05, 0) is 49.7 Å². The van der Waals surface area contributed by atoms with Crippen LogP contribution in [0.25, 0.3) is 0 Å². The molecule has 1 heterocycles. The van der Waals surface area contributed by atoms with Gasteiger partial charge in [0.05, 0.1) is 11.8 Å². The summed E-state index contributed by atoms with van der Waals surface area (Å²) in [5, 5.41) is 10.8. The van der Waals surface area contributed by atoms with E-state index >= 15 is 0 Å². The van der Waals surface area contributed by atoms with Gasteiger partial charge in [0, 0.05) is 17.9 Å². The van der Waals surface area contributed by atoms with Crippen molar-refractivity contribution in [1.82, 2.24) is 15.2 Å². The largest absolute Gasteiger partial charge is 0.416 e. The highest BCUT2D eigenvalue weighted by atomic mass is 19.4. The molecule has 2 aromatic carbocycles. The summed E-state index contributed by atoms with van der Waals surface area (Å²) in [4.78, 5) is 6.27. The fraction of sp³-hybridized carbons (Fsp3) is 0.211. The number of nitrogens with one attached hydrogen (secondary N) is 1. The normalized spacial score (nSPS) is 11.3. The van der Waals surface area contributed by atoms with E-state index in [1.807, 2.05) is 43.0 Å². The third kappa shape index (κ3) is 4.52. The first-order valence-corrected chi connectivity index (χ1v) is 8.35. The van der Waals surface area contributed by atoms with Crippen molar-refractivity contribution < 1.29 is 13.2 Å². The van der Waals surface area contributed by atoms with E-state index in [-0.39, 0.29) is 5.69 Å². The Morgan fingerprint density at radius 2 is 1.85 bits per heavy atom. The molecule has 0 saturated carbocycles. The third-order valence-corrected chi connectivity index (χ3v) is 3.88. The van der Waals surface area contributed by atoms with Crippen molar-refractivity contribution >= 4 is 23.1 Å². The second-order valence-electron chi connectivity index (χ2n) is 5.93. The molecular weight excluding hydrogens is 355 g/mol. The van der Waals surface area contributed by atoms with Crippen LogP contribution in [0, 0.1) is 6.92 Å². The highest BCUT2D eigenvalue weighted by Gasteiger charge is 2.30. The molecule has 0 aliphatic heterocycles. The molecule has 0 aliphatic carbocycles. The Bertz CT molecular complexity index is 927. The highest BCUT2D eigenvalue weighted by molar-refractivity contribution is 5.61. The van der Waals surface area contributed by atoms with Crippen LogP contribution in [0.2, 0.25) is 0 Å². The Morgan fingerprint density at radius 3 is 2.56 bits per heavy atom. The number of rotatable bonds is 5. The molecule has 0 radical (unpaired) electrons. The van der Waals surface area contributed by atoms with Gasteiger partial charge in [0.15, 0.2) is 5.82 Å². The van der Waals surface area contributed by atoms with Crippen LogP contribution in [-0.4, -0.2) is 21.7 Å². The Hall–Kier alpha value is -3.16. The Labute approximate surface area is 154 Å². The molecule has 140 valence electrons. The molecule has 0 unspecified atom stereocenters. The minimum absolute atomic E-state index is 0.273. The quantitative estimate of drug-likeness (QED) is 0.674. The predicted octanol–water partition coefficient (Wildman–Crippen LogP) is 5.10. The lowest BCUT2D eigenvalue weighted by molar-refractivity contribution is -0.137. The summed E-state index contributed by atoms with van der Waals surface area (Å²) in [6.45, 7) is 4.55. The minimum Gasteiger partial charge on any atom is -0.339 e. The summed E-state index contributed by atoms with van der Waals surface area (Å²) in [5.74, 6) is 0.672. The van der Waals surface area contributed by atoms with Crippen molar-refractivity contribution in [2.45, 2.75) is 20.0 Å². The molecule has 5 nitrogen and oxygen atoms in total. The number of alkyl halides is 3. The van der Waals surface area contributed by atoms with Crippen molar-refractivity contribution in [2.75, 3.05) is 16.8 Å². The van der Waals surface area contributed by atoms with Crippen LogP contribution in [0.4, 0.5) is 36.3 Å². The monoisotopic (exact) mass is 373 g/mol. The molecule has 3 aromatic rings. The van der Waals surface area contributed by atoms with E-state index in [1.54, 1.807) is 0 Å². The number of hydrogen-bond acceptors (Lipinski definition) is 5. The van der Waals surface area contributed by atoms with Crippen LogP contribution >= 0.6 is 0 Å². The van der Waals surface area contributed by atoms with Crippen LogP contribution in [0.1, 0.15) is 18.1 Å². The number of aryl methyl sites for hydroxylation is 1. The summed E-state index contributed by atoms with van der Waals surface area (Å²) < 4.78 is 38.6. The Kier molecular flexibility index (Phi) is 5.25. The molecule has 0 aliphatic rings. The molecule has 0 spiro atoms. The molecule has 0 bridgehead atoms. The van der Waals surface area contributed by atoms with Gasteiger partial charge in [0.2, 0.25) is 0 Å². The molecule has 0 atom stereocenters. The number of halogens is 3. The van der Waals surface area contributed by atoms with E-state index in [1.165, 1.54) is 18.3 Å². The van der Waals surface area contributed by atoms with Gasteiger partial charge in [0.1, 0.15) is 0 Å². The molecular formula is C19H18F3N5. The lowest BCUT2D eigenvalue weighted by atomic mass is 10.2. The fourth-order valence-corrected chi connectivity index (χ4v) is 2.63. The average molecular weight is 373 g/mol. The van der Waals surface area contributed by atoms with E-state index in [9.17, 15) is 13.2 Å². The second-order valence-corrected chi connectivity index (χ2v) is 5.93. The fourth-order valence-electron chi connectivity index (χ4n) is 2.63. The topological polar surface area (TPSA) is 53.9 Å². The summed E-state index contributed by atoms with van der Waals surface area (Å²) in [6, 6.07) is 12.8. The van der Waals surface area contributed by atoms with Gasteiger partial charge in [-0.2, -0.15) is 23.3 Å². The average Bonchev–Trinajstić information content (AvgIpc) is 2.62. The number of nitrogens with zero attached hydrogens (tertiary/aromatic N) is 4. The van der Waals surface area contributed by atoms with E-state index in [2.05, 4.69) is 20.5 Å². The maximum Gasteiger partial charge on any atom is 0.416 e. The summed E-state index contributed by atoms with van der Waals surface area (Å²) in [7, 11) is 0. The number of benzene rings is 2. The van der Waals surface area contributed by atoms with E-state index < -0.39 is 11.7 Å². The maximum absolute atomic E-state index is 12.9. The van der Waals surface area contributed by atoms with Crippen LogP contribution in [0.3, 0.4) is 0 Å². The predicted molar refractivity (Wildman–Crippen MR) is 98.4 cm³/mol. The molecule has 0 amide bonds. The first-order chi connectivity index (χ1) is 12.9. The lowest BCUT2D eigenvalue weighted by Crippen LogP contribution is -2.19. The van der Waals surface area contributed by atoms with Gasteiger partial charge in [-0.25, -0.2) is 0 Å². The molecule has 3 rings (SSSR count). The van der Waals surface area contributed by atoms with Crippen molar-refractivity contribution in [1.29, 1.82) is 0 Å². The van der Waals surface area contributed by atoms with Crippen LogP contribution in [0.15, 0.2) is 54.7 Å². The van der Waals surface area contributed by atoms with Crippen LogP contribution in [-0.2, 0) is 6.18 Å². The van der Waals surface area contributed by atoms with E-state index in [0.717, 1.165) is 23.4 Å². The molecule has 1 N–H and O–H groups in total. The van der Waals surface area contributed by atoms with Gasteiger partial charge < -0.3 is 10.2 Å². The lowest BCUT2D eigenvalue weighted by Gasteiger charge is -2.21. The SMILES string of the molecule is CCN(c1cccc(C)c1)c1nncc(Nc2cccc(C(F)(F)F)c2)n1. The molecule has 0 saturated heterocycles. The molecule has 1 aromatic heterocycles. The third-order valence-electron chi connectivity index (χ3n) is 3.88. The van der Waals surface area contributed by atoms with Crippen molar-refractivity contribution in [3.63, 3.8) is 0 Å². The van der Waals surface area contributed by atoms with Crippen molar-refractivity contribution in [3.8, 4) is 0 Å². The van der Waals surface area contributed by atoms with Gasteiger partial charge in [-0.3, -0.25) is 0 Å². The molecule has 27 heavy (non-hydrogen) atoms. The Balaban J connectivity index is 1.87. The summed E-state index contributed by atoms with van der Waals surface area (Å²) in [5.41, 5.74) is 1.55. The van der Waals surface area contributed by atoms with Crippen molar-refractivity contribution in [2.24, 2.45) is 0 Å². The van der Waals surface area contributed by atoms with Crippen molar-refractivity contribution in [3.05, 3.63) is 65.9 Å². The zero-order valence-corrected chi connectivity index (χ0v) is 14.8. The van der Waals surface area contributed by atoms with Gasteiger partial charge >= 0.3 is 6.18 Å². The van der Waals surface area contributed by atoms with Gasteiger partial charge in [0.25, 0.3) is 5.95 Å². The molecule has 0 fully saturated rings. The highest BCUT2D eigenvalue weighted by Crippen LogP contribution is 2.31. The minimum atomic E-state index is -4.41. The first-order valence-electron chi connectivity index (χ1n) is 8.35. The molecule has 8 heteroatoms. The smallest absolute Gasteiger partial charge is 0.339 e. The zero-order chi connectivity index (χ0) is 19.4.